The third kappa shape index (κ3) is 17.8. The van der Waals surface area contributed by atoms with Gasteiger partial charge < -0.3 is 0 Å². The molecule has 0 fully saturated rings. The second kappa shape index (κ2) is 23.8. The van der Waals surface area contributed by atoms with Gasteiger partial charge in [0.05, 0.1) is 0 Å². The molecule has 0 saturated heterocycles. The summed E-state index contributed by atoms with van der Waals surface area (Å²) >= 11 is 0. The van der Waals surface area contributed by atoms with Crippen LogP contribution < -0.4 is 0 Å². The molecule has 0 aliphatic rings. The van der Waals surface area contributed by atoms with Crippen LogP contribution in [0, 0.1) is 0 Å². The Morgan fingerprint density at radius 1 is 1.00 bits per heavy atom. The summed E-state index contributed by atoms with van der Waals surface area (Å²) in [6, 6.07) is 0. The van der Waals surface area contributed by atoms with E-state index < -0.39 is 0 Å². The normalized spacial score (nSPS) is 0. The van der Waals surface area contributed by atoms with Crippen LogP contribution >= 0.6 is 0 Å². The maximum Gasteiger partial charge on any atom is 0 e. The van der Waals surface area contributed by atoms with E-state index in [0.29, 0.717) is 0 Å². The van der Waals surface area contributed by atoms with E-state index in [-0.39, 0.29) is 132 Å². The molecule has 0 aromatic carbocycles. The van der Waals surface area contributed by atoms with Crippen molar-refractivity contribution >= 4 is 37.7 Å². The molecule has 0 nitrogen and oxygen atoms in total. The van der Waals surface area contributed by atoms with E-state index in [2.05, 4.69) is 0 Å². The van der Waals surface area contributed by atoms with Gasteiger partial charge in [0.15, 0.2) is 0 Å². The number of hydrogen-bond acceptors (Lipinski definition) is 0. The second-order valence-corrected chi connectivity index (χ2v) is 0. The molecule has 24 valence electrons. The molecule has 0 aromatic heterocycles. The van der Waals surface area contributed by atoms with Gasteiger partial charge in [-0.25, -0.2) is 0 Å². The van der Waals surface area contributed by atoms with Crippen molar-refractivity contribution in [2.75, 3.05) is 0 Å². The van der Waals surface area contributed by atoms with Crippen molar-refractivity contribution in [3.05, 3.63) is 0 Å². The first-order valence-corrected chi connectivity index (χ1v) is 0. The van der Waals surface area contributed by atoms with E-state index in [0.717, 1.165) is 0 Å². The van der Waals surface area contributed by atoms with Crippen LogP contribution in [-0.2, 0) is 94.5 Å². The number of hydrogen-bond donors (Lipinski definition) is 0. The summed E-state index contributed by atoms with van der Waals surface area (Å²) in [4.78, 5) is 0. The predicted molar refractivity (Wildman–Crippen MR) is 8.54 cm³/mol. The fourth-order valence-corrected chi connectivity index (χ4v) is 0. The maximum atomic E-state index is 0. The molecule has 0 saturated carbocycles. The van der Waals surface area contributed by atoms with Gasteiger partial charge in [0.25, 0.3) is 0 Å². The van der Waals surface area contributed by atoms with E-state index in [4.69, 9.17) is 0 Å². The van der Waals surface area contributed by atoms with Crippen molar-refractivity contribution in [2.24, 2.45) is 0 Å². The zero-order chi connectivity index (χ0) is 0. The minimum atomic E-state index is 0. The Kier molecular flexibility index (Phi) is 164. The summed E-state index contributed by atoms with van der Waals surface area (Å²) in [6.45, 7) is 0. The van der Waals surface area contributed by atoms with Gasteiger partial charge in [0.2, 0.25) is 0 Å². The first-order chi connectivity index (χ1) is 0. The van der Waals surface area contributed by atoms with Gasteiger partial charge >= 0.3 is 37.7 Å². The Morgan fingerprint density at radius 2 is 1.00 bits per heavy atom. The summed E-state index contributed by atoms with van der Waals surface area (Å²) in [5, 5.41) is 0. The molecule has 0 bridgehead atoms. The quantitative estimate of drug-likeness (QED) is 0.504. The largest absolute Gasteiger partial charge is 0 e. The van der Waals surface area contributed by atoms with Crippen molar-refractivity contribution in [3.8, 4) is 0 Å². The standard InChI is InChI=1S/Ca.Fe.V.Y.Zr.2H. The van der Waals surface area contributed by atoms with Gasteiger partial charge in [-0.2, -0.15) is 0 Å². The molecule has 0 aliphatic carbocycles. The van der Waals surface area contributed by atoms with E-state index >= 15 is 0 Å². The number of rotatable bonds is 0. The summed E-state index contributed by atoms with van der Waals surface area (Å²) in [5.74, 6) is 0. The van der Waals surface area contributed by atoms with Gasteiger partial charge in [-0.15, -0.1) is 0 Å². The monoisotopic (exact) mass is 328 g/mol. The third-order valence-electron chi connectivity index (χ3n) is 0. The summed E-state index contributed by atoms with van der Waals surface area (Å²) in [7, 11) is 0. The van der Waals surface area contributed by atoms with Gasteiger partial charge in [-0.3, -0.25) is 0 Å². The van der Waals surface area contributed by atoms with E-state index in [1.54, 1.807) is 0 Å². The zero-order valence-electron chi connectivity index (χ0n) is 1.88. The average Bonchev–Trinajstić information content (AvgIpc) is 0. The smallest absolute Gasteiger partial charge is 0 e. The van der Waals surface area contributed by atoms with Crippen LogP contribution in [0.25, 0.3) is 0 Å². The SMILES string of the molecule is [CaH2].[Fe].[V].[Y].[Zr]. The molecule has 5 heavy (non-hydrogen) atoms. The molecule has 0 N–H and O–H groups in total. The van der Waals surface area contributed by atoms with Crippen LogP contribution in [0.5, 0.6) is 0 Å². The van der Waals surface area contributed by atoms with Gasteiger partial charge in [-0.1, -0.05) is 0 Å². The van der Waals surface area contributed by atoms with Gasteiger partial charge in [0, 0.05) is 94.5 Å². The molecular weight excluding hydrogens is 327 g/mol. The fourth-order valence-electron chi connectivity index (χ4n) is 0. The molecule has 0 rings (SSSR count). The summed E-state index contributed by atoms with van der Waals surface area (Å²) in [5.41, 5.74) is 0. The molecule has 5 heteroatoms. The van der Waals surface area contributed by atoms with E-state index in [1.165, 1.54) is 0 Å². The van der Waals surface area contributed by atoms with E-state index in [1.807, 2.05) is 0 Å². The molecule has 0 spiro atoms. The Morgan fingerprint density at radius 3 is 1.00 bits per heavy atom. The van der Waals surface area contributed by atoms with Crippen molar-refractivity contribution in [1.82, 2.24) is 0 Å². The van der Waals surface area contributed by atoms with Gasteiger partial charge in [-0.05, 0) is 0 Å². The zero-order valence-corrected chi connectivity index (χ0v) is 9.68. The Bertz CT molecular complexity index is 11.6. The second-order valence-electron chi connectivity index (χ2n) is 0. The minimum Gasteiger partial charge on any atom is 0 e. The fraction of sp³-hybridized carbons (Fsp3) is 0. The maximum absolute atomic E-state index is 0. The average molecular weight is 329 g/mol. The van der Waals surface area contributed by atoms with Crippen LogP contribution in [0.4, 0.5) is 0 Å². The first kappa shape index (κ1) is 34.4. The van der Waals surface area contributed by atoms with Crippen molar-refractivity contribution in [3.63, 3.8) is 0 Å². The summed E-state index contributed by atoms with van der Waals surface area (Å²) in [6.07, 6.45) is 0. The van der Waals surface area contributed by atoms with E-state index in [9.17, 15) is 0 Å². The van der Waals surface area contributed by atoms with Crippen molar-refractivity contribution in [2.45, 2.75) is 0 Å². The first-order valence-electron chi connectivity index (χ1n) is 0. The molecule has 0 atom stereocenters. The minimum absolute atomic E-state index is 0. The van der Waals surface area contributed by atoms with Crippen LogP contribution in [0.15, 0.2) is 0 Å². The molecule has 0 unspecified atom stereocenters. The Hall–Kier alpha value is 4.35. The molecular formula is H2CaFeVYZr. The predicted octanol–water partition coefficient (Wildman–Crippen LogP) is -0.926. The Balaban J connectivity index is 0. The van der Waals surface area contributed by atoms with Crippen molar-refractivity contribution < 1.29 is 94.5 Å². The topological polar surface area (TPSA) is 0 Å². The Labute approximate surface area is 129 Å². The molecule has 0 heterocycles. The van der Waals surface area contributed by atoms with Crippen LogP contribution in [0.3, 0.4) is 0 Å². The molecule has 2 radical (unpaired) electrons. The molecule has 0 amide bonds. The molecule has 0 aromatic rings. The summed E-state index contributed by atoms with van der Waals surface area (Å²) < 4.78 is 0. The van der Waals surface area contributed by atoms with Crippen LogP contribution in [-0.4, -0.2) is 37.7 Å². The van der Waals surface area contributed by atoms with Crippen molar-refractivity contribution in [1.29, 1.82) is 0 Å². The van der Waals surface area contributed by atoms with Crippen LogP contribution in [0.2, 0.25) is 0 Å². The van der Waals surface area contributed by atoms with Crippen LogP contribution in [0.1, 0.15) is 0 Å². The molecule has 0 aliphatic heterocycles. The van der Waals surface area contributed by atoms with Gasteiger partial charge in [0.1, 0.15) is 0 Å². The third-order valence-corrected chi connectivity index (χ3v) is 0.